The van der Waals surface area contributed by atoms with E-state index in [1.54, 1.807) is 0 Å². The Morgan fingerprint density at radius 2 is 1.35 bits per heavy atom. The molecule has 0 amide bonds. The van der Waals surface area contributed by atoms with Gasteiger partial charge >= 0.3 is 0 Å². The third-order valence-corrected chi connectivity index (χ3v) is 7.09. The molecule has 7 rings (SSSR count). The number of aryl methyl sites for hydroxylation is 2. The normalized spacial score (nSPS) is 12.9. The number of fused-ring (bicyclic) bond motifs is 13. The van der Waals surface area contributed by atoms with Gasteiger partial charge in [0.1, 0.15) is 0 Å². The van der Waals surface area contributed by atoms with Gasteiger partial charge in [0.15, 0.2) is 0 Å². The molecule has 0 radical (unpaired) electrons. The van der Waals surface area contributed by atoms with E-state index in [9.17, 15) is 0 Å². The number of para-hydroxylation sites is 1. The molecule has 8 bridgehead atoms. The maximum atomic E-state index is 4.76. The summed E-state index contributed by atoms with van der Waals surface area (Å²) in [5.41, 5.74) is 11.1. The fourth-order valence-corrected chi connectivity index (χ4v) is 5.43. The molecule has 2 nitrogen and oxygen atoms in total. The van der Waals surface area contributed by atoms with Crippen LogP contribution in [-0.2, 0) is 12.8 Å². The monoisotopic (exact) mass is 436 g/mol. The van der Waals surface area contributed by atoms with Crippen molar-refractivity contribution in [2.24, 2.45) is 0 Å². The van der Waals surface area contributed by atoms with E-state index < -0.39 is 0 Å². The lowest BCUT2D eigenvalue weighted by Gasteiger charge is -2.12. The first kappa shape index (κ1) is 19.3. The average molecular weight is 437 g/mol. The van der Waals surface area contributed by atoms with Gasteiger partial charge in [0, 0.05) is 28.2 Å². The van der Waals surface area contributed by atoms with Crippen molar-refractivity contribution in [3.63, 3.8) is 0 Å². The van der Waals surface area contributed by atoms with Crippen LogP contribution in [0.4, 0.5) is 0 Å². The number of aromatic nitrogens is 2. The maximum Gasteiger partial charge on any atom is 0.0708 e. The zero-order chi connectivity index (χ0) is 22.5. The molecule has 0 unspecified atom stereocenters. The first-order chi connectivity index (χ1) is 16.8. The van der Waals surface area contributed by atoms with Crippen LogP contribution in [0.2, 0.25) is 0 Å². The van der Waals surface area contributed by atoms with Gasteiger partial charge in [-0.15, -0.1) is 0 Å². The minimum Gasteiger partial charge on any atom is -0.309 e. The molecule has 1 aliphatic rings. The Morgan fingerprint density at radius 3 is 2.29 bits per heavy atom. The molecule has 4 aromatic carbocycles. The smallest absolute Gasteiger partial charge is 0.0708 e. The largest absolute Gasteiger partial charge is 0.309 e. The SMILES string of the molecule is c1cc2cc(c1)-c1ccnc(c1)-c1ccc3c4ccccc4n(c3c1)-c1cccc(c1)CCC2. The highest BCUT2D eigenvalue weighted by Crippen LogP contribution is 2.35. The lowest BCUT2D eigenvalue weighted by atomic mass is 9.98. The summed E-state index contributed by atoms with van der Waals surface area (Å²) < 4.78 is 2.41. The molecule has 2 aromatic heterocycles. The van der Waals surface area contributed by atoms with E-state index >= 15 is 0 Å². The van der Waals surface area contributed by atoms with Crippen LogP contribution in [0.3, 0.4) is 0 Å². The number of benzene rings is 4. The summed E-state index contributed by atoms with van der Waals surface area (Å²) in [7, 11) is 0. The highest BCUT2D eigenvalue weighted by Gasteiger charge is 2.14. The summed E-state index contributed by atoms with van der Waals surface area (Å²) in [5, 5.41) is 2.56. The Morgan fingerprint density at radius 1 is 0.559 bits per heavy atom. The van der Waals surface area contributed by atoms with E-state index in [2.05, 4.69) is 108 Å². The van der Waals surface area contributed by atoms with Gasteiger partial charge in [-0.3, -0.25) is 4.98 Å². The Labute approximate surface area is 199 Å². The Kier molecular flexibility index (Phi) is 4.38. The van der Waals surface area contributed by atoms with Gasteiger partial charge in [-0.05, 0) is 77.9 Å². The van der Waals surface area contributed by atoms with Crippen molar-refractivity contribution in [3.8, 4) is 28.1 Å². The van der Waals surface area contributed by atoms with E-state index in [0.717, 1.165) is 30.5 Å². The molecule has 0 saturated carbocycles. The van der Waals surface area contributed by atoms with Gasteiger partial charge < -0.3 is 4.57 Å². The van der Waals surface area contributed by atoms with Crippen LogP contribution in [0.5, 0.6) is 0 Å². The molecule has 0 saturated heterocycles. The van der Waals surface area contributed by atoms with Gasteiger partial charge in [0.05, 0.1) is 16.7 Å². The number of nitrogens with zero attached hydrogens (tertiary/aromatic N) is 2. The van der Waals surface area contributed by atoms with Gasteiger partial charge in [-0.25, -0.2) is 0 Å². The van der Waals surface area contributed by atoms with Crippen LogP contribution in [0.1, 0.15) is 17.5 Å². The van der Waals surface area contributed by atoms with Crippen molar-refractivity contribution in [1.29, 1.82) is 0 Å². The molecule has 0 spiro atoms. The minimum absolute atomic E-state index is 1.00. The molecule has 34 heavy (non-hydrogen) atoms. The third kappa shape index (κ3) is 3.14. The van der Waals surface area contributed by atoms with E-state index in [0.29, 0.717) is 0 Å². The number of rotatable bonds is 0. The molecule has 0 atom stereocenters. The molecule has 162 valence electrons. The molecule has 2 heteroatoms. The highest BCUT2D eigenvalue weighted by atomic mass is 15.0. The molecule has 3 heterocycles. The van der Waals surface area contributed by atoms with Crippen molar-refractivity contribution in [1.82, 2.24) is 9.55 Å². The second-order valence-electron chi connectivity index (χ2n) is 9.24. The van der Waals surface area contributed by atoms with Crippen LogP contribution in [0.15, 0.2) is 109 Å². The molecular formula is C32H24N2. The molecule has 0 aliphatic carbocycles. The number of hydrogen-bond donors (Lipinski definition) is 0. The Hall–Kier alpha value is -4.17. The summed E-state index contributed by atoms with van der Waals surface area (Å²) in [4.78, 5) is 4.76. The maximum absolute atomic E-state index is 4.76. The summed E-state index contributed by atoms with van der Waals surface area (Å²) in [6, 6.07) is 37.8. The topological polar surface area (TPSA) is 17.8 Å². The highest BCUT2D eigenvalue weighted by molar-refractivity contribution is 6.10. The second kappa shape index (κ2) is 7.71. The summed E-state index contributed by atoms with van der Waals surface area (Å²) in [6.07, 6.45) is 5.21. The van der Waals surface area contributed by atoms with Gasteiger partial charge in [-0.1, -0.05) is 66.7 Å². The first-order valence-electron chi connectivity index (χ1n) is 12.0. The predicted octanol–water partition coefficient (Wildman–Crippen LogP) is 8.00. The molecule has 1 aliphatic heterocycles. The van der Waals surface area contributed by atoms with Crippen LogP contribution in [-0.4, -0.2) is 9.55 Å². The van der Waals surface area contributed by atoms with Gasteiger partial charge in [-0.2, -0.15) is 0 Å². The van der Waals surface area contributed by atoms with Crippen molar-refractivity contribution in [3.05, 3.63) is 120 Å². The van der Waals surface area contributed by atoms with E-state index in [1.165, 1.54) is 49.7 Å². The second-order valence-corrected chi connectivity index (χ2v) is 9.24. The molecule has 0 fully saturated rings. The molecule has 6 aromatic rings. The zero-order valence-electron chi connectivity index (χ0n) is 18.9. The molecule has 0 N–H and O–H groups in total. The summed E-state index contributed by atoms with van der Waals surface area (Å²) in [5.74, 6) is 0. The van der Waals surface area contributed by atoms with Gasteiger partial charge in [0.25, 0.3) is 0 Å². The lowest BCUT2D eigenvalue weighted by Crippen LogP contribution is -1.97. The summed E-state index contributed by atoms with van der Waals surface area (Å²) in [6.45, 7) is 0. The zero-order valence-corrected chi connectivity index (χ0v) is 18.9. The Bertz CT molecular complexity index is 1690. The van der Waals surface area contributed by atoms with E-state index in [1.807, 2.05) is 6.20 Å². The van der Waals surface area contributed by atoms with E-state index in [4.69, 9.17) is 4.98 Å². The predicted molar refractivity (Wildman–Crippen MR) is 141 cm³/mol. The number of hydrogen-bond acceptors (Lipinski definition) is 1. The van der Waals surface area contributed by atoms with Crippen LogP contribution < -0.4 is 0 Å². The fraction of sp³-hybridized carbons (Fsp3) is 0.0938. The van der Waals surface area contributed by atoms with Crippen molar-refractivity contribution in [2.45, 2.75) is 19.3 Å². The van der Waals surface area contributed by atoms with Crippen LogP contribution in [0.25, 0.3) is 49.9 Å². The van der Waals surface area contributed by atoms with Crippen molar-refractivity contribution < 1.29 is 0 Å². The average Bonchev–Trinajstić information content (AvgIpc) is 3.22. The van der Waals surface area contributed by atoms with E-state index in [-0.39, 0.29) is 0 Å². The fourth-order valence-electron chi connectivity index (χ4n) is 5.43. The number of pyridine rings is 1. The van der Waals surface area contributed by atoms with Gasteiger partial charge in [0.2, 0.25) is 0 Å². The third-order valence-electron chi connectivity index (χ3n) is 7.09. The summed E-state index contributed by atoms with van der Waals surface area (Å²) >= 11 is 0. The Balaban J connectivity index is 1.54. The standard InChI is InChI=1S/C32H24N2/c1-2-13-31-28(12-1)29-15-14-26-21-32(29)34(31)27-11-5-9-23(19-27)7-3-6-22-8-4-10-24(18-22)25-16-17-33-30(26)20-25/h1-2,4-5,8-21H,3,6-7H2. The van der Waals surface area contributed by atoms with Crippen molar-refractivity contribution >= 4 is 21.8 Å². The quantitative estimate of drug-likeness (QED) is 0.236. The van der Waals surface area contributed by atoms with Crippen LogP contribution in [0, 0.1) is 0 Å². The first-order valence-corrected chi connectivity index (χ1v) is 12.0. The van der Waals surface area contributed by atoms with Crippen LogP contribution >= 0.6 is 0 Å². The minimum atomic E-state index is 1.00. The molecular weight excluding hydrogens is 412 g/mol. The lowest BCUT2D eigenvalue weighted by molar-refractivity contribution is 0.820. The van der Waals surface area contributed by atoms with Crippen molar-refractivity contribution in [2.75, 3.05) is 0 Å².